The van der Waals surface area contributed by atoms with E-state index < -0.39 is 0 Å². The fourth-order valence-corrected chi connectivity index (χ4v) is 2.58. The summed E-state index contributed by atoms with van der Waals surface area (Å²) in [5.41, 5.74) is 0. The van der Waals surface area contributed by atoms with Gasteiger partial charge >= 0.3 is 0 Å². The summed E-state index contributed by atoms with van der Waals surface area (Å²) >= 11 is 0. The van der Waals surface area contributed by atoms with Crippen molar-refractivity contribution >= 4 is 0 Å². The number of hydrogen-bond acceptors (Lipinski definition) is 2. The van der Waals surface area contributed by atoms with Crippen LogP contribution in [0.2, 0.25) is 0 Å². The number of rotatable bonds is 1. The average Bonchev–Trinajstić information content (AvgIpc) is 2.54. The molecule has 0 bridgehead atoms. The topological polar surface area (TPSA) is 24.1 Å². The van der Waals surface area contributed by atoms with Gasteiger partial charge in [-0.15, -0.1) is 0 Å². The molecule has 0 aromatic rings. The number of hydrogen-bond donors (Lipinski definition) is 2. The molecule has 2 fully saturated rings. The van der Waals surface area contributed by atoms with Gasteiger partial charge in [-0.1, -0.05) is 0 Å². The molecule has 0 aliphatic carbocycles. The zero-order chi connectivity index (χ0) is 8.39. The predicted molar refractivity (Wildman–Crippen MR) is 51.2 cm³/mol. The highest BCUT2D eigenvalue weighted by Gasteiger charge is 2.28. The smallest absolute Gasteiger partial charge is 0.00993 e. The standard InChI is InChI=1S/C10H20N2/c1-8-2-3-10(12-8)9-4-6-11-7-5-9/h8-12H,2-7H2,1H3. The fourth-order valence-electron chi connectivity index (χ4n) is 2.58. The molecule has 0 aromatic carbocycles. The molecule has 2 N–H and O–H groups in total. The van der Waals surface area contributed by atoms with Crippen molar-refractivity contribution in [2.75, 3.05) is 13.1 Å². The van der Waals surface area contributed by atoms with Gasteiger partial charge in [-0.2, -0.15) is 0 Å². The second-order valence-corrected chi connectivity index (χ2v) is 4.34. The van der Waals surface area contributed by atoms with Gasteiger partial charge in [-0.3, -0.25) is 0 Å². The average molecular weight is 168 g/mol. The molecule has 2 atom stereocenters. The van der Waals surface area contributed by atoms with E-state index in [1.54, 1.807) is 0 Å². The van der Waals surface area contributed by atoms with Gasteiger partial charge in [0.05, 0.1) is 0 Å². The Morgan fingerprint density at radius 3 is 2.33 bits per heavy atom. The molecule has 2 nitrogen and oxygen atoms in total. The predicted octanol–water partition coefficient (Wildman–Crippen LogP) is 1.13. The summed E-state index contributed by atoms with van der Waals surface area (Å²) in [6, 6.07) is 1.60. The van der Waals surface area contributed by atoms with Crippen molar-refractivity contribution in [2.45, 2.75) is 44.7 Å². The maximum absolute atomic E-state index is 3.70. The van der Waals surface area contributed by atoms with E-state index in [-0.39, 0.29) is 0 Å². The molecule has 2 unspecified atom stereocenters. The molecule has 0 amide bonds. The Hall–Kier alpha value is -0.0800. The molecule has 70 valence electrons. The van der Waals surface area contributed by atoms with Crippen LogP contribution in [0.15, 0.2) is 0 Å². The molecule has 2 aliphatic rings. The first-order chi connectivity index (χ1) is 5.86. The minimum absolute atomic E-state index is 0.768. The summed E-state index contributed by atoms with van der Waals surface area (Å²) in [4.78, 5) is 0. The zero-order valence-electron chi connectivity index (χ0n) is 7.97. The van der Waals surface area contributed by atoms with E-state index >= 15 is 0 Å². The first-order valence-corrected chi connectivity index (χ1v) is 5.33. The molecular formula is C10H20N2. The highest BCUT2D eigenvalue weighted by molar-refractivity contribution is 4.87. The third-order valence-corrected chi connectivity index (χ3v) is 3.36. The third kappa shape index (κ3) is 1.80. The summed E-state index contributed by atoms with van der Waals surface area (Å²) in [5.74, 6) is 0.955. The van der Waals surface area contributed by atoms with Crippen LogP contribution in [0.3, 0.4) is 0 Å². The molecule has 2 heteroatoms. The van der Waals surface area contributed by atoms with Crippen molar-refractivity contribution in [3.8, 4) is 0 Å². The molecule has 2 saturated heterocycles. The monoisotopic (exact) mass is 168 g/mol. The van der Waals surface area contributed by atoms with Crippen LogP contribution in [0.1, 0.15) is 32.6 Å². The molecular weight excluding hydrogens is 148 g/mol. The lowest BCUT2D eigenvalue weighted by Gasteiger charge is -2.28. The van der Waals surface area contributed by atoms with Gasteiger partial charge in [-0.05, 0) is 51.6 Å². The van der Waals surface area contributed by atoms with E-state index in [2.05, 4.69) is 17.6 Å². The van der Waals surface area contributed by atoms with Crippen molar-refractivity contribution in [1.29, 1.82) is 0 Å². The van der Waals surface area contributed by atoms with Crippen molar-refractivity contribution in [3.63, 3.8) is 0 Å². The van der Waals surface area contributed by atoms with Crippen LogP contribution in [0.4, 0.5) is 0 Å². The Balaban J connectivity index is 1.83. The van der Waals surface area contributed by atoms with Gasteiger partial charge in [0.15, 0.2) is 0 Å². The molecule has 2 aliphatic heterocycles. The van der Waals surface area contributed by atoms with Crippen LogP contribution >= 0.6 is 0 Å². The largest absolute Gasteiger partial charge is 0.317 e. The Kier molecular flexibility index (Phi) is 2.66. The Bertz CT molecular complexity index is 138. The third-order valence-electron chi connectivity index (χ3n) is 3.36. The first kappa shape index (κ1) is 8.52. The van der Waals surface area contributed by atoms with Gasteiger partial charge in [-0.25, -0.2) is 0 Å². The highest BCUT2D eigenvalue weighted by Crippen LogP contribution is 2.24. The lowest BCUT2D eigenvalue weighted by atomic mass is 9.89. The molecule has 0 radical (unpaired) electrons. The quantitative estimate of drug-likeness (QED) is 0.613. The normalized spacial score (nSPS) is 38.8. The van der Waals surface area contributed by atoms with E-state index in [0.717, 1.165) is 18.0 Å². The zero-order valence-corrected chi connectivity index (χ0v) is 7.97. The Labute approximate surface area is 75.1 Å². The van der Waals surface area contributed by atoms with Gasteiger partial charge in [0.2, 0.25) is 0 Å². The molecule has 0 aromatic heterocycles. The fraction of sp³-hybridized carbons (Fsp3) is 1.00. The van der Waals surface area contributed by atoms with Gasteiger partial charge in [0.25, 0.3) is 0 Å². The maximum atomic E-state index is 3.70. The second kappa shape index (κ2) is 3.75. The van der Waals surface area contributed by atoms with E-state index in [1.165, 1.54) is 38.8 Å². The summed E-state index contributed by atoms with van der Waals surface area (Å²) in [7, 11) is 0. The highest BCUT2D eigenvalue weighted by atomic mass is 15.0. The molecule has 2 heterocycles. The number of nitrogens with one attached hydrogen (secondary N) is 2. The van der Waals surface area contributed by atoms with Gasteiger partial charge in [0.1, 0.15) is 0 Å². The Morgan fingerprint density at radius 1 is 1.00 bits per heavy atom. The maximum Gasteiger partial charge on any atom is 0.00993 e. The molecule has 0 spiro atoms. The molecule has 2 rings (SSSR count). The lowest BCUT2D eigenvalue weighted by Crippen LogP contribution is -2.40. The van der Waals surface area contributed by atoms with Crippen molar-refractivity contribution < 1.29 is 0 Å². The Morgan fingerprint density at radius 2 is 1.75 bits per heavy atom. The minimum atomic E-state index is 0.768. The van der Waals surface area contributed by atoms with E-state index in [1.807, 2.05) is 0 Å². The minimum Gasteiger partial charge on any atom is -0.317 e. The molecule has 12 heavy (non-hydrogen) atoms. The van der Waals surface area contributed by atoms with E-state index in [4.69, 9.17) is 0 Å². The van der Waals surface area contributed by atoms with Crippen molar-refractivity contribution in [2.24, 2.45) is 5.92 Å². The molecule has 0 saturated carbocycles. The van der Waals surface area contributed by atoms with Crippen LogP contribution in [-0.2, 0) is 0 Å². The second-order valence-electron chi connectivity index (χ2n) is 4.34. The van der Waals surface area contributed by atoms with Crippen LogP contribution in [0, 0.1) is 5.92 Å². The summed E-state index contributed by atoms with van der Waals surface area (Å²) in [5, 5.41) is 7.12. The summed E-state index contributed by atoms with van der Waals surface area (Å²) < 4.78 is 0. The van der Waals surface area contributed by atoms with Crippen molar-refractivity contribution in [3.05, 3.63) is 0 Å². The van der Waals surface area contributed by atoms with Crippen LogP contribution in [-0.4, -0.2) is 25.2 Å². The van der Waals surface area contributed by atoms with Gasteiger partial charge in [0, 0.05) is 12.1 Å². The van der Waals surface area contributed by atoms with E-state index in [9.17, 15) is 0 Å². The number of piperidine rings is 1. The lowest BCUT2D eigenvalue weighted by molar-refractivity contribution is 0.295. The SMILES string of the molecule is CC1CCC(C2CCNCC2)N1. The van der Waals surface area contributed by atoms with Crippen LogP contribution in [0.5, 0.6) is 0 Å². The van der Waals surface area contributed by atoms with Crippen LogP contribution < -0.4 is 10.6 Å². The summed E-state index contributed by atoms with van der Waals surface area (Å²) in [6.07, 6.45) is 5.55. The summed E-state index contributed by atoms with van der Waals surface area (Å²) in [6.45, 7) is 4.77. The van der Waals surface area contributed by atoms with Gasteiger partial charge < -0.3 is 10.6 Å². The van der Waals surface area contributed by atoms with E-state index in [0.29, 0.717) is 0 Å². The first-order valence-electron chi connectivity index (χ1n) is 5.33. The van der Waals surface area contributed by atoms with Crippen LogP contribution in [0.25, 0.3) is 0 Å². The van der Waals surface area contributed by atoms with Crippen molar-refractivity contribution in [1.82, 2.24) is 10.6 Å².